The number of benzene rings is 1. The molecule has 162 valence electrons. The Kier molecular flexibility index (Phi) is 4.78. The number of halogens is 1. The molecule has 0 aromatic heterocycles. The number of likely N-dealkylation sites (N-methyl/N-ethyl adjacent to an activating group) is 1. The van der Waals surface area contributed by atoms with Crippen LogP contribution in [0, 0.1) is 34.5 Å². The van der Waals surface area contributed by atoms with E-state index in [-0.39, 0.29) is 17.4 Å². The Morgan fingerprint density at radius 2 is 1.87 bits per heavy atom. The van der Waals surface area contributed by atoms with Crippen LogP contribution in [-0.2, 0) is 4.79 Å². The van der Waals surface area contributed by atoms with Gasteiger partial charge in [-0.25, -0.2) is 0 Å². The average Bonchev–Trinajstić information content (AvgIpc) is 3.04. The number of carbonyl (C=O) groups is 1. The van der Waals surface area contributed by atoms with Gasteiger partial charge in [0.15, 0.2) is 0 Å². The van der Waals surface area contributed by atoms with E-state index < -0.39 is 0 Å². The molecule has 3 fully saturated rings. The minimum absolute atomic E-state index is 0.0935. The highest BCUT2D eigenvalue weighted by Gasteiger charge is 2.61. The molecule has 1 aromatic rings. The van der Waals surface area contributed by atoms with Gasteiger partial charge in [0.25, 0.3) is 0 Å². The van der Waals surface area contributed by atoms with Crippen LogP contribution in [0.4, 0.5) is 0 Å². The topological polar surface area (TPSA) is 29.5 Å². The van der Waals surface area contributed by atoms with Crippen LogP contribution in [-0.4, -0.2) is 30.0 Å². The molecule has 1 aliphatic heterocycles. The van der Waals surface area contributed by atoms with Gasteiger partial charge < -0.3 is 9.64 Å². The van der Waals surface area contributed by atoms with Crippen molar-refractivity contribution in [2.45, 2.75) is 65.0 Å². The van der Waals surface area contributed by atoms with Crippen LogP contribution in [0.25, 0.3) is 0 Å². The minimum atomic E-state index is 0.0935. The maximum atomic E-state index is 12.3. The average molecular weight is 428 g/mol. The van der Waals surface area contributed by atoms with Crippen LogP contribution in [0.1, 0.15) is 52.9 Å². The van der Waals surface area contributed by atoms with Crippen molar-refractivity contribution in [3.8, 4) is 5.75 Å². The molecule has 0 N–H and O–H groups in total. The third kappa shape index (κ3) is 3.03. The molecule has 4 aliphatic rings. The van der Waals surface area contributed by atoms with Crippen LogP contribution < -0.4 is 4.74 Å². The van der Waals surface area contributed by atoms with Crippen LogP contribution in [0.3, 0.4) is 0 Å². The van der Waals surface area contributed by atoms with E-state index in [4.69, 9.17) is 16.3 Å². The minimum Gasteiger partial charge on any atom is -0.490 e. The summed E-state index contributed by atoms with van der Waals surface area (Å²) in [7, 11) is 2.00. The molecule has 1 aromatic carbocycles. The number of hydrogen-bond donors (Lipinski definition) is 0. The van der Waals surface area contributed by atoms with Crippen LogP contribution in [0.15, 0.2) is 36.4 Å². The molecule has 30 heavy (non-hydrogen) atoms. The second kappa shape index (κ2) is 7.02. The highest BCUT2D eigenvalue weighted by Crippen LogP contribution is 2.65. The third-order valence-electron chi connectivity index (χ3n) is 9.35. The van der Waals surface area contributed by atoms with Crippen molar-refractivity contribution < 1.29 is 9.53 Å². The van der Waals surface area contributed by atoms with E-state index in [1.807, 2.05) is 42.3 Å². The zero-order valence-electron chi connectivity index (χ0n) is 18.6. The summed E-state index contributed by atoms with van der Waals surface area (Å²) in [5.41, 5.74) is 0.451. The fourth-order valence-corrected chi connectivity index (χ4v) is 7.97. The highest BCUT2D eigenvalue weighted by molar-refractivity contribution is 6.30. The maximum Gasteiger partial charge on any atom is 0.246 e. The van der Waals surface area contributed by atoms with Gasteiger partial charge in [-0.3, -0.25) is 4.79 Å². The summed E-state index contributed by atoms with van der Waals surface area (Å²) in [5.74, 6) is 3.77. The van der Waals surface area contributed by atoms with Crippen molar-refractivity contribution in [1.82, 2.24) is 4.90 Å². The molecular formula is C26H34ClNO2. The van der Waals surface area contributed by atoms with E-state index in [1.54, 1.807) is 0 Å². The molecule has 4 unspecified atom stereocenters. The number of nitrogens with zero attached hydrogens (tertiary/aromatic N) is 1. The molecular weight excluding hydrogens is 394 g/mol. The molecule has 0 bridgehead atoms. The summed E-state index contributed by atoms with van der Waals surface area (Å²) in [6.07, 6.45) is 10.3. The number of fused-ring (bicyclic) bond motifs is 5. The molecule has 3 saturated carbocycles. The van der Waals surface area contributed by atoms with Crippen molar-refractivity contribution in [1.29, 1.82) is 0 Å². The Bertz CT molecular complexity index is 866. The van der Waals surface area contributed by atoms with Gasteiger partial charge in [-0.05, 0) is 91.5 Å². The molecule has 0 spiro atoms. The number of ether oxygens (including phenoxy) is 1. The quantitative estimate of drug-likeness (QED) is 0.581. The van der Waals surface area contributed by atoms with Crippen molar-refractivity contribution in [3.63, 3.8) is 0 Å². The van der Waals surface area contributed by atoms with Gasteiger partial charge >= 0.3 is 0 Å². The fraction of sp³-hybridized carbons (Fsp3) is 0.654. The van der Waals surface area contributed by atoms with Gasteiger partial charge in [-0.15, -0.1) is 0 Å². The maximum absolute atomic E-state index is 12.3. The number of carbonyl (C=O) groups excluding carboxylic acids is 1. The van der Waals surface area contributed by atoms with Gasteiger partial charge in [0.1, 0.15) is 5.75 Å². The van der Waals surface area contributed by atoms with Crippen molar-refractivity contribution in [3.05, 3.63) is 41.4 Å². The predicted octanol–water partition coefficient (Wildman–Crippen LogP) is 5.97. The summed E-state index contributed by atoms with van der Waals surface area (Å²) < 4.78 is 6.44. The van der Waals surface area contributed by atoms with E-state index in [1.165, 1.54) is 12.8 Å². The normalized spacial score (nSPS) is 45.0. The van der Waals surface area contributed by atoms with Gasteiger partial charge in [0.05, 0.1) is 6.10 Å². The molecule has 0 radical (unpaired) electrons. The largest absolute Gasteiger partial charge is 0.490 e. The monoisotopic (exact) mass is 427 g/mol. The van der Waals surface area contributed by atoms with E-state index in [2.05, 4.69) is 26.8 Å². The van der Waals surface area contributed by atoms with Gasteiger partial charge in [0, 0.05) is 23.5 Å². The van der Waals surface area contributed by atoms with E-state index >= 15 is 0 Å². The molecule has 0 saturated heterocycles. The van der Waals surface area contributed by atoms with Gasteiger partial charge in [-0.1, -0.05) is 38.4 Å². The molecule has 4 heteroatoms. The Balaban J connectivity index is 1.41. The van der Waals surface area contributed by atoms with E-state index in [9.17, 15) is 4.79 Å². The first-order valence-electron chi connectivity index (χ1n) is 11.6. The lowest BCUT2D eigenvalue weighted by Gasteiger charge is -2.61. The fourth-order valence-electron chi connectivity index (χ4n) is 7.85. The lowest BCUT2D eigenvalue weighted by Crippen LogP contribution is -2.61. The van der Waals surface area contributed by atoms with Crippen LogP contribution in [0.2, 0.25) is 5.02 Å². The smallest absolute Gasteiger partial charge is 0.246 e. The standard InChI is InChI=1S/C26H34ClNO2/c1-16-13-22-26(3,12-10-23(29)28(22)4)20-9-11-25(2)15-19(14-21(25)24(16)20)30-18-7-5-17(27)6-8-18/h5-8,10,12,16,19-22,24H,9,11,13-15H2,1-4H3/t16-,19-,20?,21?,22?,24?,25+,26+/m0/s1. The summed E-state index contributed by atoms with van der Waals surface area (Å²) in [5, 5.41) is 0.750. The molecule has 1 amide bonds. The Morgan fingerprint density at radius 3 is 2.60 bits per heavy atom. The zero-order valence-corrected chi connectivity index (χ0v) is 19.4. The van der Waals surface area contributed by atoms with Crippen LogP contribution >= 0.6 is 11.6 Å². The van der Waals surface area contributed by atoms with Gasteiger partial charge in [-0.2, -0.15) is 0 Å². The molecule has 3 aliphatic carbocycles. The van der Waals surface area contributed by atoms with E-state index in [0.717, 1.165) is 30.0 Å². The number of rotatable bonds is 2. The van der Waals surface area contributed by atoms with Crippen LogP contribution in [0.5, 0.6) is 5.75 Å². The number of amides is 1. The summed E-state index contributed by atoms with van der Waals surface area (Å²) >= 11 is 6.04. The first-order valence-corrected chi connectivity index (χ1v) is 12.0. The Labute approximate surface area is 185 Å². The molecule has 3 nitrogen and oxygen atoms in total. The molecule has 1 heterocycles. The lowest BCUT2D eigenvalue weighted by molar-refractivity contribution is -0.143. The van der Waals surface area contributed by atoms with Crippen molar-refractivity contribution in [2.75, 3.05) is 7.05 Å². The Morgan fingerprint density at radius 1 is 1.13 bits per heavy atom. The zero-order chi connectivity index (χ0) is 21.3. The SMILES string of the molecule is C[C@H]1CC2N(C)C(=O)C=C[C@]2(C)C2CC[C@]3(C)C[C@@H](Oc4ccc(Cl)cc4)CC3C21. The second-order valence-electron chi connectivity index (χ2n) is 11.0. The number of hydrogen-bond acceptors (Lipinski definition) is 2. The molecule has 5 rings (SSSR count). The van der Waals surface area contributed by atoms with Gasteiger partial charge in [0.2, 0.25) is 5.91 Å². The highest BCUT2D eigenvalue weighted by atomic mass is 35.5. The second-order valence-corrected chi connectivity index (χ2v) is 11.4. The van der Waals surface area contributed by atoms with Crippen molar-refractivity contribution in [2.24, 2.45) is 34.5 Å². The summed E-state index contributed by atoms with van der Waals surface area (Å²) in [4.78, 5) is 14.4. The third-order valence-corrected chi connectivity index (χ3v) is 9.60. The molecule has 8 atom stereocenters. The lowest BCUT2D eigenvalue weighted by atomic mass is 9.46. The Hall–Kier alpha value is -1.48. The summed E-state index contributed by atoms with van der Waals surface area (Å²) in [6.45, 7) is 7.36. The first-order chi connectivity index (χ1) is 14.2. The van der Waals surface area contributed by atoms with E-state index in [0.29, 0.717) is 35.1 Å². The first kappa shape index (κ1) is 20.4. The predicted molar refractivity (Wildman–Crippen MR) is 120 cm³/mol. The van der Waals surface area contributed by atoms with Crippen molar-refractivity contribution >= 4 is 17.5 Å². The summed E-state index contributed by atoms with van der Waals surface area (Å²) in [6, 6.07) is 8.13.